The molecule has 0 bridgehead atoms. The highest BCUT2D eigenvalue weighted by Gasteiger charge is 2.53. The lowest BCUT2D eigenvalue weighted by Gasteiger charge is -2.47. The summed E-state index contributed by atoms with van der Waals surface area (Å²) in [5.41, 5.74) is 0.0949. The normalized spacial score (nSPS) is 33.2. The number of fused-ring (bicyclic) bond motifs is 3. The SMILES string of the molecule is CC(C)N1CN(c2c(F)cc(NCCNCCO)cc2F)C2CC(Cl)CC(F)C2C2CC(F)CNC21. The highest BCUT2D eigenvalue weighted by molar-refractivity contribution is 6.20. The van der Waals surface area contributed by atoms with Crippen molar-refractivity contribution in [2.24, 2.45) is 11.8 Å². The van der Waals surface area contributed by atoms with E-state index in [2.05, 4.69) is 20.9 Å². The van der Waals surface area contributed by atoms with Crippen molar-refractivity contribution in [1.29, 1.82) is 0 Å². The molecule has 1 saturated carbocycles. The molecule has 2 aliphatic heterocycles. The molecule has 6 nitrogen and oxygen atoms in total. The van der Waals surface area contributed by atoms with Gasteiger partial charge < -0.3 is 20.6 Å². The van der Waals surface area contributed by atoms with Crippen LogP contribution in [0, 0.1) is 23.5 Å². The van der Waals surface area contributed by atoms with Crippen molar-refractivity contribution in [3.8, 4) is 0 Å². The van der Waals surface area contributed by atoms with Gasteiger partial charge in [0.15, 0.2) is 11.6 Å². The van der Waals surface area contributed by atoms with Crippen molar-refractivity contribution in [2.75, 3.05) is 49.7 Å². The summed E-state index contributed by atoms with van der Waals surface area (Å²) >= 11 is 6.45. The Morgan fingerprint density at radius 1 is 1.11 bits per heavy atom. The summed E-state index contributed by atoms with van der Waals surface area (Å²) in [5.74, 6) is -2.43. The number of anilines is 2. The van der Waals surface area contributed by atoms with E-state index in [9.17, 15) is 4.39 Å². The Labute approximate surface area is 215 Å². The fraction of sp³-hybridized carbons (Fsp3) is 0.760. The maximum Gasteiger partial charge on any atom is 0.151 e. The van der Waals surface area contributed by atoms with Crippen LogP contribution in [-0.4, -0.2) is 85.4 Å². The van der Waals surface area contributed by atoms with Crippen LogP contribution in [0.1, 0.15) is 33.1 Å². The van der Waals surface area contributed by atoms with Crippen LogP contribution < -0.4 is 20.9 Å². The monoisotopic (exact) mass is 535 g/mol. The van der Waals surface area contributed by atoms with Gasteiger partial charge in [-0.05, 0) is 51.2 Å². The number of aliphatic hydroxyl groups excluding tert-OH is 1. The number of alkyl halides is 3. The number of halogens is 5. The highest BCUT2D eigenvalue weighted by Crippen LogP contribution is 2.47. The molecular weight excluding hydrogens is 498 g/mol. The summed E-state index contributed by atoms with van der Waals surface area (Å²) in [6.45, 7) is 5.69. The molecule has 4 N–H and O–H groups in total. The molecule has 0 aromatic heterocycles. The summed E-state index contributed by atoms with van der Waals surface area (Å²) < 4.78 is 61.4. The third-order valence-electron chi connectivity index (χ3n) is 7.78. The second kappa shape index (κ2) is 12.0. The van der Waals surface area contributed by atoms with Gasteiger partial charge in [0, 0.05) is 55.2 Å². The quantitative estimate of drug-likeness (QED) is 0.232. The molecule has 11 heteroatoms. The average molecular weight is 536 g/mol. The average Bonchev–Trinajstić information content (AvgIpc) is 2.93. The number of aliphatic hydroxyl groups is 1. The summed E-state index contributed by atoms with van der Waals surface area (Å²) in [7, 11) is 0. The molecule has 36 heavy (non-hydrogen) atoms. The van der Waals surface area contributed by atoms with Gasteiger partial charge in [-0.3, -0.25) is 10.2 Å². The molecule has 2 saturated heterocycles. The predicted octanol–water partition coefficient (Wildman–Crippen LogP) is 3.44. The number of benzene rings is 1. The van der Waals surface area contributed by atoms with Crippen molar-refractivity contribution in [3.63, 3.8) is 0 Å². The standard InChI is InChI=1S/C25H38ClF4N5O/c1-14(2)34-13-35(24-20(29)10-17(11-21(24)30)32-4-3-31-5-6-36)22-8-15(26)7-19(28)23(22)18-9-16(27)12-33-25(18)34/h10-11,14-16,18-19,22-23,25,31-33,36H,3-9,12-13H2,1-2H3. The van der Waals surface area contributed by atoms with Gasteiger partial charge in [-0.25, -0.2) is 17.6 Å². The molecule has 1 aromatic rings. The van der Waals surface area contributed by atoms with E-state index in [0.717, 1.165) is 0 Å². The molecule has 7 unspecified atom stereocenters. The van der Waals surface area contributed by atoms with E-state index in [0.29, 0.717) is 31.7 Å². The van der Waals surface area contributed by atoms with E-state index < -0.39 is 41.3 Å². The minimum atomic E-state index is -1.29. The second-order valence-electron chi connectivity index (χ2n) is 10.5. The molecule has 3 aliphatic rings. The van der Waals surface area contributed by atoms with Gasteiger partial charge in [0.2, 0.25) is 0 Å². The van der Waals surface area contributed by atoms with E-state index in [4.69, 9.17) is 16.7 Å². The van der Waals surface area contributed by atoms with Gasteiger partial charge in [0.1, 0.15) is 18.0 Å². The fourth-order valence-electron chi connectivity index (χ4n) is 6.22. The van der Waals surface area contributed by atoms with Crippen molar-refractivity contribution < 1.29 is 22.7 Å². The van der Waals surface area contributed by atoms with Gasteiger partial charge in [0.05, 0.1) is 19.4 Å². The highest BCUT2D eigenvalue weighted by atomic mass is 35.5. The van der Waals surface area contributed by atoms with Crippen LogP contribution in [0.25, 0.3) is 0 Å². The third-order valence-corrected chi connectivity index (χ3v) is 8.13. The number of rotatable bonds is 8. The lowest BCUT2D eigenvalue weighted by atomic mass is 9.70. The molecule has 2 heterocycles. The number of hydrogen-bond donors (Lipinski definition) is 4. The molecular formula is C25H38ClF4N5O. The van der Waals surface area contributed by atoms with Crippen LogP contribution in [-0.2, 0) is 0 Å². The molecule has 1 aliphatic carbocycles. The van der Waals surface area contributed by atoms with Crippen molar-refractivity contribution in [1.82, 2.24) is 15.5 Å². The van der Waals surface area contributed by atoms with E-state index in [1.54, 1.807) is 4.90 Å². The topological polar surface area (TPSA) is 62.8 Å². The first-order valence-corrected chi connectivity index (χ1v) is 13.4. The molecule has 204 valence electrons. The van der Waals surface area contributed by atoms with Crippen LogP contribution in [0.4, 0.5) is 28.9 Å². The van der Waals surface area contributed by atoms with Crippen LogP contribution in [0.15, 0.2) is 12.1 Å². The maximum atomic E-state index is 15.7. The number of piperidine rings is 1. The molecule has 0 spiro atoms. The van der Waals surface area contributed by atoms with E-state index in [-0.39, 0.29) is 56.5 Å². The Morgan fingerprint density at radius 2 is 1.83 bits per heavy atom. The Bertz CT molecular complexity index is 860. The number of nitrogens with one attached hydrogen (secondary N) is 3. The van der Waals surface area contributed by atoms with Gasteiger partial charge in [-0.1, -0.05) is 0 Å². The molecule has 0 amide bonds. The zero-order valence-electron chi connectivity index (χ0n) is 20.9. The Hall–Kier alpha value is -1.33. The van der Waals surface area contributed by atoms with Crippen LogP contribution in [0.2, 0.25) is 0 Å². The summed E-state index contributed by atoms with van der Waals surface area (Å²) in [6.07, 6.45) is -1.96. The van der Waals surface area contributed by atoms with E-state index in [1.165, 1.54) is 12.1 Å². The Kier molecular flexibility index (Phi) is 9.25. The lowest BCUT2D eigenvalue weighted by molar-refractivity contribution is -0.00517. The smallest absolute Gasteiger partial charge is 0.151 e. The number of nitrogens with zero attached hydrogens (tertiary/aromatic N) is 2. The first-order chi connectivity index (χ1) is 17.2. The van der Waals surface area contributed by atoms with Crippen LogP contribution >= 0.6 is 11.6 Å². The molecule has 4 rings (SSSR count). The van der Waals surface area contributed by atoms with Crippen LogP contribution in [0.5, 0.6) is 0 Å². The maximum absolute atomic E-state index is 15.7. The minimum absolute atomic E-state index is 0.00938. The molecule has 3 fully saturated rings. The van der Waals surface area contributed by atoms with E-state index >= 15 is 13.2 Å². The van der Waals surface area contributed by atoms with Crippen LogP contribution in [0.3, 0.4) is 0 Å². The van der Waals surface area contributed by atoms with Gasteiger partial charge in [-0.15, -0.1) is 11.6 Å². The van der Waals surface area contributed by atoms with Gasteiger partial charge in [-0.2, -0.15) is 0 Å². The van der Waals surface area contributed by atoms with Gasteiger partial charge >= 0.3 is 0 Å². The summed E-state index contributed by atoms with van der Waals surface area (Å²) in [4.78, 5) is 3.69. The minimum Gasteiger partial charge on any atom is -0.395 e. The van der Waals surface area contributed by atoms with Crippen molar-refractivity contribution >= 4 is 23.0 Å². The lowest BCUT2D eigenvalue weighted by Crippen LogP contribution is -2.60. The van der Waals surface area contributed by atoms with Crippen molar-refractivity contribution in [3.05, 3.63) is 23.8 Å². The fourth-order valence-corrected chi connectivity index (χ4v) is 6.57. The zero-order chi connectivity index (χ0) is 26.0. The third kappa shape index (κ3) is 5.88. The number of hydrogen-bond acceptors (Lipinski definition) is 6. The summed E-state index contributed by atoms with van der Waals surface area (Å²) in [6, 6.07) is 1.92. The second-order valence-corrected chi connectivity index (χ2v) is 11.1. The largest absolute Gasteiger partial charge is 0.395 e. The molecule has 0 radical (unpaired) electrons. The molecule has 1 aromatic carbocycles. The van der Waals surface area contributed by atoms with Crippen molar-refractivity contribution in [2.45, 2.75) is 69.1 Å². The summed E-state index contributed by atoms with van der Waals surface area (Å²) in [5, 5.41) is 17.6. The van der Waals surface area contributed by atoms with E-state index in [1.807, 2.05) is 13.8 Å². The molecule has 7 atom stereocenters. The predicted molar refractivity (Wildman–Crippen MR) is 135 cm³/mol. The Balaban J connectivity index is 1.68. The first-order valence-electron chi connectivity index (χ1n) is 12.9. The zero-order valence-corrected chi connectivity index (χ0v) is 21.6. The Morgan fingerprint density at radius 3 is 2.50 bits per heavy atom. The first kappa shape index (κ1) is 27.7. The van der Waals surface area contributed by atoms with Gasteiger partial charge in [0.25, 0.3) is 0 Å².